The average Bonchev–Trinajstić information content (AvgIpc) is 3.07. The number of carbonyl (C=O) groups is 2. The fraction of sp³-hybridized carbons (Fsp3) is 0.120. The van der Waals surface area contributed by atoms with E-state index in [4.69, 9.17) is 32.7 Å². The van der Waals surface area contributed by atoms with Crippen LogP contribution in [0.15, 0.2) is 64.8 Å². The van der Waals surface area contributed by atoms with Crippen LogP contribution < -0.4 is 14.8 Å². The van der Waals surface area contributed by atoms with Gasteiger partial charge in [0.2, 0.25) is 0 Å². The van der Waals surface area contributed by atoms with Crippen molar-refractivity contribution in [3.05, 3.63) is 95.1 Å². The van der Waals surface area contributed by atoms with Crippen molar-refractivity contribution in [2.24, 2.45) is 0 Å². The molecule has 1 saturated heterocycles. The van der Waals surface area contributed by atoms with Gasteiger partial charge in [0.1, 0.15) is 12.3 Å². The zero-order valence-electron chi connectivity index (χ0n) is 18.3. The summed E-state index contributed by atoms with van der Waals surface area (Å²) in [5, 5.41) is 3.71. The maximum absolute atomic E-state index is 12.9. The molecule has 0 aliphatic carbocycles. The lowest BCUT2D eigenvalue weighted by Crippen LogP contribution is -2.30. The molecule has 3 aromatic carbocycles. The highest BCUT2D eigenvalue weighted by Gasteiger charge is 2.33. The Morgan fingerprint density at radius 2 is 1.83 bits per heavy atom. The van der Waals surface area contributed by atoms with Gasteiger partial charge < -0.3 is 14.8 Å². The van der Waals surface area contributed by atoms with Crippen LogP contribution in [0.3, 0.4) is 0 Å². The Kier molecular flexibility index (Phi) is 8.26. The number of hydrogen-bond acceptors (Lipinski definition) is 4. The Balaban J connectivity index is 1.53. The second-order valence-corrected chi connectivity index (χ2v) is 10.5. The quantitative estimate of drug-likeness (QED) is 0.164. The van der Waals surface area contributed by atoms with E-state index in [1.165, 1.54) is 12.0 Å². The van der Waals surface area contributed by atoms with Crippen LogP contribution in [-0.2, 0) is 17.9 Å². The molecule has 0 bridgehead atoms. The predicted octanol–water partition coefficient (Wildman–Crippen LogP) is 7.04. The van der Waals surface area contributed by atoms with Crippen molar-refractivity contribution in [1.29, 1.82) is 0 Å². The van der Waals surface area contributed by atoms with Gasteiger partial charge in [0, 0.05) is 20.1 Å². The van der Waals surface area contributed by atoms with Crippen LogP contribution in [0.25, 0.3) is 6.08 Å². The molecule has 1 fully saturated rings. The summed E-state index contributed by atoms with van der Waals surface area (Å²) in [6.07, 6.45) is 1.62. The third kappa shape index (κ3) is 6.11. The molecule has 10 heteroatoms. The first-order valence-corrected chi connectivity index (χ1v) is 12.9. The van der Waals surface area contributed by atoms with Crippen molar-refractivity contribution in [2.45, 2.75) is 13.2 Å². The maximum Gasteiger partial charge on any atom is 0.329 e. The SMILES string of the molecule is COc1cc(/C=C2/NC(=O)N(Cc3ccc(Br)cc3)C2=O)cc(I)c1OCc1ccc(Cl)cc1Cl. The Bertz CT molecular complexity index is 1330. The van der Waals surface area contributed by atoms with Crippen LogP contribution in [-0.4, -0.2) is 23.9 Å². The third-order valence-electron chi connectivity index (χ3n) is 5.17. The number of nitrogens with zero attached hydrogens (tertiary/aromatic N) is 1. The molecule has 3 aromatic rings. The van der Waals surface area contributed by atoms with Crippen molar-refractivity contribution in [3.63, 3.8) is 0 Å². The highest BCUT2D eigenvalue weighted by atomic mass is 127. The van der Waals surface area contributed by atoms with Crippen LogP contribution in [0.4, 0.5) is 4.79 Å². The molecule has 0 unspecified atom stereocenters. The number of rotatable bonds is 7. The van der Waals surface area contributed by atoms with E-state index in [0.717, 1.165) is 19.2 Å². The van der Waals surface area contributed by atoms with E-state index in [0.29, 0.717) is 27.1 Å². The summed E-state index contributed by atoms with van der Waals surface area (Å²) in [6, 6.07) is 15.8. The highest BCUT2D eigenvalue weighted by Crippen LogP contribution is 2.36. The van der Waals surface area contributed by atoms with Crippen molar-refractivity contribution in [3.8, 4) is 11.5 Å². The summed E-state index contributed by atoms with van der Waals surface area (Å²) in [5.74, 6) is 0.627. The fourth-order valence-corrected chi connectivity index (χ4v) is 4.91. The normalized spacial score (nSPS) is 14.4. The number of methoxy groups -OCH3 is 1. The van der Waals surface area contributed by atoms with Gasteiger partial charge in [-0.15, -0.1) is 0 Å². The highest BCUT2D eigenvalue weighted by molar-refractivity contribution is 14.1. The Labute approximate surface area is 234 Å². The van der Waals surface area contributed by atoms with Gasteiger partial charge in [-0.25, -0.2) is 4.79 Å². The zero-order chi connectivity index (χ0) is 25.1. The maximum atomic E-state index is 12.9. The van der Waals surface area contributed by atoms with Gasteiger partial charge in [0.15, 0.2) is 11.5 Å². The first kappa shape index (κ1) is 25.8. The van der Waals surface area contributed by atoms with Crippen molar-refractivity contribution in [1.82, 2.24) is 10.2 Å². The van der Waals surface area contributed by atoms with Gasteiger partial charge in [-0.1, -0.05) is 57.3 Å². The minimum atomic E-state index is -0.467. The van der Waals surface area contributed by atoms with Crippen molar-refractivity contribution < 1.29 is 19.1 Å². The second kappa shape index (κ2) is 11.2. The van der Waals surface area contributed by atoms with Crippen molar-refractivity contribution >= 4 is 79.7 Å². The standard InChI is InChI=1S/C25H18BrCl2IN2O4/c1-34-22-10-15(8-20(29)23(22)35-13-16-4-7-18(27)11-19(16)28)9-21-24(32)31(25(33)30-21)12-14-2-5-17(26)6-3-14/h2-11H,12-13H2,1H3,(H,30,33)/b21-9+. The molecular formula is C25H18BrCl2IN2O4. The van der Waals surface area contributed by atoms with Crippen LogP contribution >= 0.6 is 61.7 Å². The fourth-order valence-electron chi connectivity index (χ4n) is 3.41. The number of hydrogen-bond donors (Lipinski definition) is 1. The van der Waals surface area contributed by atoms with E-state index in [-0.39, 0.29) is 18.8 Å². The van der Waals surface area contributed by atoms with Gasteiger partial charge in [-0.3, -0.25) is 9.69 Å². The zero-order valence-corrected chi connectivity index (χ0v) is 23.5. The lowest BCUT2D eigenvalue weighted by atomic mass is 10.1. The first-order valence-electron chi connectivity index (χ1n) is 10.3. The lowest BCUT2D eigenvalue weighted by molar-refractivity contribution is -0.123. The smallest absolute Gasteiger partial charge is 0.329 e. The van der Waals surface area contributed by atoms with Gasteiger partial charge in [0.05, 0.1) is 17.2 Å². The summed E-state index contributed by atoms with van der Waals surface area (Å²) in [4.78, 5) is 26.5. The van der Waals surface area contributed by atoms with Crippen LogP contribution in [0, 0.1) is 3.57 Å². The summed E-state index contributed by atoms with van der Waals surface area (Å²) in [5.41, 5.74) is 2.49. The number of ether oxygens (including phenoxy) is 2. The number of nitrogens with one attached hydrogen (secondary N) is 1. The van der Waals surface area contributed by atoms with E-state index in [9.17, 15) is 9.59 Å². The monoisotopic (exact) mass is 686 g/mol. The lowest BCUT2D eigenvalue weighted by Gasteiger charge is -2.14. The van der Waals surface area contributed by atoms with Crippen LogP contribution in [0.1, 0.15) is 16.7 Å². The molecule has 1 aliphatic rings. The van der Waals surface area contributed by atoms with Gasteiger partial charge in [-0.05, 0) is 76.2 Å². The molecule has 180 valence electrons. The molecular weight excluding hydrogens is 670 g/mol. The average molecular weight is 688 g/mol. The molecule has 1 N–H and O–H groups in total. The van der Waals surface area contributed by atoms with Crippen molar-refractivity contribution in [2.75, 3.05) is 7.11 Å². The molecule has 6 nitrogen and oxygen atoms in total. The van der Waals surface area contributed by atoms with Crippen LogP contribution in [0.2, 0.25) is 10.0 Å². The van der Waals surface area contributed by atoms with E-state index < -0.39 is 11.9 Å². The third-order valence-corrected chi connectivity index (χ3v) is 7.08. The number of benzene rings is 3. The van der Waals surface area contributed by atoms with E-state index in [1.54, 1.807) is 30.3 Å². The van der Waals surface area contributed by atoms with Crippen LogP contribution in [0.5, 0.6) is 11.5 Å². The van der Waals surface area contributed by atoms with Gasteiger partial charge >= 0.3 is 6.03 Å². The molecule has 1 aliphatic heterocycles. The number of imide groups is 1. The number of halogens is 4. The number of carbonyl (C=O) groups excluding carboxylic acids is 2. The molecule has 0 aromatic heterocycles. The summed E-state index contributed by atoms with van der Waals surface area (Å²) >= 11 is 17.7. The first-order chi connectivity index (χ1) is 16.7. The number of urea groups is 1. The van der Waals surface area contributed by atoms with Gasteiger partial charge in [-0.2, -0.15) is 0 Å². The Hall–Kier alpha value is -2.27. The molecule has 35 heavy (non-hydrogen) atoms. The Morgan fingerprint density at radius 1 is 1.09 bits per heavy atom. The van der Waals surface area contributed by atoms with E-state index in [1.807, 2.05) is 30.3 Å². The molecule has 0 spiro atoms. The second-order valence-electron chi connectivity index (χ2n) is 7.56. The summed E-state index contributed by atoms with van der Waals surface area (Å²) < 4.78 is 13.2. The molecule has 4 rings (SSSR count). The Morgan fingerprint density at radius 3 is 2.51 bits per heavy atom. The van der Waals surface area contributed by atoms with E-state index >= 15 is 0 Å². The molecule has 0 atom stereocenters. The van der Waals surface area contributed by atoms with E-state index in [2.05, 4.69) is 43.8 Å². The minimum Gasteiger partial charge on any atom is -0.493 e. The molecule has 0 saturated carbocycles. The minimum absolute atomic E-state index is 0.177. The molecule has 0 radical (unpaired) electrons. The number of amides is 3. The molecule has 3 amide bonds. The predicted molar refractivity (Wildman–Crippen MR) is 148 cm³/mol. The summed E-state index contributed by atoms with van der Waals surface area (Å²) in [7, 11) is 1.53. The molecule has 1 heterocycles. The largest absolute Gasteiger partial charge is 0.493 e. The van der Waals surface area contributed by atoms with Gasteiger partial charge in [0.25, 0.3) is 5.91 Å². The summed E-state index contributed by atoms with van der Waals surface area (Å²) in [6.45, 7) is 0.401. The topological polar surface area (TPSA) is 67.9 Å².